The van der Waals surface area contributed by atoms with Gasteiger partial charge < -0.3 is 10.0 Å². The van der Waals surface area contributed by atoms with Gasteiger partial charge in [-0.15, -0.1) is 0 Å². The Balaban J connectivity index is 2.00. The number of benzene rings is 2. The molecule has 1 amide bonds. The molecule has 3 nitrogen and oxygen atoms in total. The third-order valence-electron chi connectivity index (χ3n) is 5.28. The number of hydrogen-bond donors (Lipinski definition) is 1. The van der Waals surface area contributed by atoms with Crippen LogP contribution in [-0.2, 0) is 4.79 Å². The molecule has 1 aliphatic heterocycles. The Morgan fingerprint density at radius 3 is 2.65 bits per heavy atom. The minimum Gasteiger partial charge on any atom is -0.396 e. The topological polar surface area (TPSA) is 40.5 Å². The first-order valence-electron chi connectivity index (χ1n) is 8.75. The lowest BCUT2D eigenvalue weighted by atomic mass is 9.94. The first-order chi connectivity index (χ1) is 12.5. The summed E-state index contributed by atoms with van der Waals surface area (Å²) < 4.78 is 13.9. The number of para-hydroxylation sites is 1. The van der Waals surface area contributed by atoms with Crippen molar-refractivity contribution in [2.75, 3.05) is 18.1 Å². The fourth-order valence-corrected chi connectivity index (χ4v) is 4.15. The average molecular weight is 349 g/mol. The second-order valence-corrected chi connectivity index (χ2v) is 6.74. The second-order valence-electron chi connectivity index (χ2n) is 6.74. The van der Waals surface area contributed by atoms with Gasteiger partial charge in [-0.25, -0.2) is 4.39 Å². The maximum absolute atomic E-state index is 13.9. The predicted molar refractivity (Wildman–Crippen MR) is 102 cm³/mol. The van der Waals surface area contributed by atoms with E-state index in [1.807, 2.05) is 31.2 Å². The van der Waals surface area contributed by atoms with E-state index >= 15 is 0 Å². The fraction of sp³-hybridized carbons (Fsp3) is 0.227. The number of allylic oxidation sites excluding steroid dienone is 2. The molecular formula is C22H20FNO2. The van der Waals surface area contributed by atoms with Crippen LogP contribution >= 0.6 is 0 Å². The monoisotopic (exact) mass is 349 g/mol. The molecule has 0 fully saturated rings. The molecule has 1 N–H and O–H groups in total. The first-order valence-corrected chi connectivity index (χ1v) is 8.75. The van der Waals surface area contributed by atoms with Gasteiger partial charge in [-0.1, -0.05) is 24.3 Å². The van der Waals surface area contributed by atoms with Crippen LogP contribution in [0.5, 0.6) is 0 Å². The SMILES string of the molecule is CC(=O)N1C/C(=C2/C(C)=C(CCO)c3cc(F)ccc32)c2ccccc21. The van der Waals surface area contributed by atoms with Crippen molar-refractivity contribution < 1.29 is 14.3 Å². The van der Waals surface area contributed by atoms with Crippen LogP contribution in [0.3, 0.4) is 0 Å². The lowest BCUT2D eigenvalue weighted by molar-refractivity contribution is -0.116. The van der Waals surface area contributed by atoms with Gasteiger partial charge in [0.1, 0.15) is 5.82 Å². The zero-order valence-corrected chi connectivity index (χ0v) is 14.8. The van der Waals surface area contributed by atoms with Crippen molar-refractivity contribution in [3.63, 3.8) is 0 Å². The lowest BCUT2D eigenvalue weighted by Gasteiger charge is -2.14. The number of rotatable bonds is 2. The Morgan fingerprint density at radius 2 is 1.92 bits per heavy atom. The molecular weight excluding hydrogens is 329 g/mol. The minimum atomic E-state index is -0.282. The van der Waals surface area contributed by atoms with Gasteiger partial charge >= 0.3 is 0 Å². The minimum absolute atomic E-state index is 0.00240. The number of aliphatic hydroxyl groups excluding tert-OH is 1. The number of fused-ring (bicyclic) bond motifs is 2. The summed E-state index contributed by atoms with van der Waals surface area (Å²) >= 11 is 0. The van der Waals surface area contributed by atoms with Crippen LogP contribution in [0.15, 0.2) is 48.0 Å². The van der Waals surface area contributed by atoms with Crippen molar-refractivity contribution in [3.05, 3.63) is 70.5 Å². The summed E-state index contributed by atoms with van der Waals surface area (Å²) in [5.74, 6) is -0.280. The number of nitrogens with zero attached hydrogens (tertiary/aromatic N) is 1. The maximum atomic E-state index is 13.9. The molecule has 0 unspecified atom stereocenters. The molecule has 26 heavy (non-hydrogen) atoms. The zero-order valence-electron chi connectivity index (χ0n) is 14.8. The molecule has 1 heterocycles. The van der Waals surface area contributed by atoms with Crippen LogP contribution in [0.2, 0.25) is 0 Å². The Labute approximate surface area is 152 Å². The van der Waals surface area contributed by atoms with E-state index in [0.29, 0.717) is 13.0 Å². The van der Waals surface area contributed by atoms with Crippen LogP contribution in [0.1, 0.15) is 37.0 Å². The average Bonchev–Trinajstić information content (AvgIpc) is 3.12. The largest absolute Gasteiger partial charge is 0.396 e. The molecule has 4 heteroatoms. The van der Waals surface area contributed by atoms with Crippen LogP contribution in [0, 0.1) is 5.82 Å². The molecule has 4 rings (SSSR count). The summed E-state index contributed by atoms with van der Waals surface area (Å²) in [5, 5.41) is 9.47. The Kier molecular flexibility index (Phi) is 4.00. The van der Waals surface area contributed by atoms with Crippen molar-refractivity contribution in [2.24, 2.45) is 0 Å². The third-order valence-corrected chi connectivity index (χ3v) is 5.28. The number of hydrogen-bond acceptors (Lipinski definition) is 2. The molecule has 0 radical (unpaired) electrons. The normalized spacial score (nSPS) is 18.4. The van der Waals surface area contributed by atoms with Gasteiger partial charge in [0.05, 0.1) is 12.2 Å². The molecule has 132 valence electrons. The van der Waals surface area contributed by atoms with Gasteiger partial charge in [0.2, 0.25) is 5.91 Å². The number of anilines is 1. The molecule has 2 aromatic rings. The Bertz CT molecular complexity index is 987. The van der Waals surface area contributed by atoms with Gasteiger partial charge in [0, 0.05) is 19.1 Å². The van der Waals surface area contributed by atoms with Gasteiger partial charge in [0.25, 0.3) is 0 Å². The van der Waals surface area contributed by atoms with E-state index in [4.69, 9.17) is 0 Å². The lowest BCUT2D eigenvalue weighted by Crippen LogP contribution is -2.25. The molecule has 0 saturated heterocycles. The van der Waals surface area contributed by atoms with E-state index in [1.54, 1.807) is 24.0 Å². The van der Waals surface area contributed by atoms with Crippen LogP contribution < -0.4 is 4.90 Å². The van der Waals surface area contributed by atoms with Crippen molar-refractivity contribution in [1.29, 1.82) is 0 Å². The van der Waals surface area contributed by atoms with Crippen molar-refractivity contribution in [2.45, 2.75) is 20.3 Å². The Hall–Kier alpha value is -2.72. The van der Waals surface area contributed by atoms with E-state index in [0.717, 1.165) is 44.7 Å². The molecule has 2 aromatic carbocycles. The van der Waals surface area contributed by atoms with Gasteiger partial charge in [0.15, 0.2) is 0 Å². The molecule has 0 bridgehead atoms. The number of carbonyl (C=O) groups excluding carboxylic acids is 1. The van der Waals surface area contributed by atoms with Gasteiger partial charge in [-0.3, -0.25) is 4.79 Å². The quantitative estimate of drug-likeness (QED) is 0.879. The summed E-state index contributed by atoms with van der Waals surface area (Å²) in [6.45, 7) is 4.11. The molecule has 0 spiro atoms. The molecule has 2 aliphatic rings. The van der Waals surface area contributed by atoms with E-state index in [9.17, 15) is 14.3 Å². The summed E-state index contributed by atoms with van der Waals surface area (Å²) in [5.41, 5.74) is 7.93. The highest BCUT2D eigenvalue weighted by atomic mass is 19.1. The van der Waals surface area contributed by atoms with Gasteiger partial charge in [-0.2, -0.15) is 0 Å². The zero-order chi connectivity index (χ0) is 18.4. The third kappa shape index (κ3) is 2.41. The standard InChI is InChI=1S/C22H20FNO2/c1-13-16(9-10-25)19-11-15(23)7-8-18(19)22(13)20-12-24(14(2)26)21-6-4-3-5-17(20)21/h3-8,11,25H,9-10,12H2,1-2H3/b22-20+. The van der Waals surface area contributed by atoms with Crippen molar-refractivity contribution >= 4 is 28.3 Å². The van der Waals surface area contributed by atoms with Crippen molar-refractivity contribution in [3.8, 4) is 0 Å². The predicted octanol–water partition coefficient (Wildman–Crippen LogP) is 4.27. The summed E-state index contributed by atoms with van der Waals surface area (Å²) in [6.07, 6.45) is 0.483. The van der Waals surface area contributed by atoms with E-state index in [1.165, 1.54) is 6.07 Å². The Morgan fingerprint density at radius 1 is 1.15 bits per heavy atom. The highest BCUT2D eigenvalue weighted by Crippen LogP contribution is 2.49. The van der Waals surface area contributed by atoms with Crippen LogP contribution in [0.25, 0.3) is 16.7 Å². The number of aliphatic hydroxyl groups is 1. The number of carbonyl (C=O) groups is 1. The first kappa shape index (κ1) is 16.7. The van der Waals surface area contributed by atoms with E-state index < -0.39 is 0 Å². The maximum Gasteiger partial charge on any atom is 0.224 e. The van der Waals surface area contributed by atoms with Gasteiger partial charge in [-0.05, 0) is 65.0 Å². The summed E-state index contributed by atoms with van der Waals surface area (Å²) in [4.78, 5) is 13.9. The second kappa shape index (κ2) is 6.22. The summed E-state index contributed by atoms with van der Waals surface area (Å²) in [7, 11) is 0. The smallest absolute Gasteiger partial charge is 0.224 e. The van der Waals surface area contributed by atoms with Crippen LogP contribution in [-0.4, -0.2) is 24.2 Å². The van der Waals surface area contributed by atoms with Crippen molar-refractivity contribution in [1.82, 2.24) is 0 Å². The molecule has 1 aliphatic carbocycles. The number of amides is 1. The number of halogens is 1. The fourth-order valence-electron chi connectivity index (χ4n) is 4.15. The molecule has 0 atom stereocenters. The highest BCUT2D eigenvalue weighted by molar-refractivity contribution is 6.15. The van der Waals surface area contributed by atoms with E-state index in [2.05, 4.69) is 0 Å². The van der Waals surface area contributed by atoms with Crippen LogP contribution in [0.4, 0.5) is 10.1 Å². The molecule has 0 aromatic heterocycles. The highest BCUT2D eigenvalue weighted by Gasteiger charge is 2.33. The summed E-state index contributed by atoms with van der Waals surface area (Å²) in [6, 6.07) is 12.7. The van der Waals surface area contributed by atoms with E-state index in [-0.39, 0.29) is 18.3 Å². The molecule has 0 saturated carbocycles.